The minimum absolute atomic E-state index is 0.0819. The van der Waals surface area contributed by atoms with E-state index in [1.54, 1.807) is 26.8 Å². The lowest BCUT2D eigenvalue weighted by atomic mass is 10.0. The first-order valence-electron chi connectivity index (χ1n) is 12.1. The predicted octanol–water partition coefficient (Wildman–Crippen LogP) is 1.44. The van der Waals surface area contributed by atoms with Gasteiger partial charge in [-0.1, -0.05) is 0 Å². The summed E-state index contributed by atoms with van der Waals surface area (Å²) < 4.78 is 19.3. The van der Waals surface area contributed by atoms with Crippen molar-refractivity contribution in [3.63, 3.8) is 0 Å². The highest BCUT2D eigenvalue weighted by molar-refractivity contribution is 6.34. The summed E-state index contributed by atoms with van der Waals surface area (Å²) in [6, 6.07) is 2.82. The second-order valence-corrected chi connectivity index (χ2v) is 9.25. The number of carboxylic acids is 1. The molecule has 1 fully saturated rings. The van der Waals surface area contributed by atoms with Crippen LogP contribution < -0.4 is 10.6 Å². The number of aliphatic hydroxyl groups excluding tert-OH is 1. The van der Waals surface area contributed by atoms with Gasteiger partial charge < -0.3 is 35.5 Å². The average Bonchev–Trinajstić information content (AvgIpc) is 3.49. The molecule has 12 heteroatoms. The number of H-pyrrole nitrogens is 1. The predicted molar refractivity (Wildman–Crippen MR) is 135 cm³/mol. The molecule has 2 aliphatic heterocycles. The van der Waals surface area contributed by atoms with Crippen LogP contribution in [0.15, 0.2) is 18.2 Å². The maximum absolute atomic E-state index is 13.8. The van der Waals surface area contributed by atoms with Gasteiger partial charge in [0.05, 0.1) is 23.8 Å². The number of aliphatic carboxylic acids is 1. The molecule has 0 spiro atoms. The summed E-state index contributed by atoms with van der Waals surface area (Å²) in [7, 11) is 0. The molecule has 2 aromatic rings. The monoisotopic (exact) mass is 528 g/mol. The summed E-state index contributed by atoms with van der Waals surface area (Å²) in [6.07, 6.45) is -0.635. The number of fused-ring (bicyclic) bond motifs is 1. The average molecular weight is 529 g/mol. The molecule has 3 atom stereocenters. The number of nitrogens with zero attached hydrogens (tertiary/aromatic N) is 1. The number of nitrogens with one attached hydrogen (secondary N) is 3. The number of carbonyl (C=O) groups excluding carboxylic acids is 3. The van der Waals surface area contributed by atoms with Gasteiger partial charge in [-0.25, -0.2) is 9.18 Å². The number of halogens is 1. The van der Waals surface area contributed by atoms with Crippen molar-refractivity contribution >= 4 is 41.0 Å². The van der Waals surface area contributed by atoms with Crippen molar-refractivity contribution in [2.75, 3.05) is 25.0 Å². The van der Waals surface area contributed by atoms with Crippen molar-refractivity contribution in [1.82, 2.24) is 15.2 Å². The van der Waals surface area contributed by atoms with Gasteiger partial charge in [0.2, 0.25) is 0 Å². The van der Waals surface area contributed by atoms with Gasteiger partial charge in [-0.3, -0.25) is 14.4 Å². The van der Waals surface area contributed by atoms with E-state index in [0.717, 1.165) is 4.90 Å². The summed E-state index contributed by atoms with van der Waals surface area (Å²) in [6.45, 7) is 4.82. The first kappa shape index (κ1) is 27.0. The maximum atomic E-state index is 13.8. The molecule has 202 valence electrons. The Labute approximate surface area is 217 Å². The normalized spacial score (nSPS) is 20.4. The second-order valence-electron chi connectivity index (χ2n) is 9.25. The zero-order valence-corrected chi connectivity index (χ0v) is 21.1. The summed E-state index contributed by atoms with van der Waals surface area (Å²) in [5, 5.41) is 24.6. The van der Waals surface area contributed by atoms with Crippen molar-refractivity contribution in [1.29, 1.82) is 0 Å². The third-order valence-corrected chi connectivity index (χ3v) is 6.69. The van der Waals surface area contributed by atoms with E-state index in [-0.39, 0.29) is 31.7 Å². The van der Waals surface area contributed by atoms with Crippen LogP contribution in [0, 0.1) is 19.7 Å². The van der Waals surface area contributed by atoms with Crippen LogP contribution in [-0.2, 0) is 19.1 Å². The van der Waals surface area contributed by atoms with E-state index in [9.17, 15) is 33.8 Å². The third-order valence-electron chi connectivity index (χ3n) is 6.69. The number of carboxylic acid groups (broad SMARTS) is 1. The number of anilines is 1. The Kier molecular flexibility index (Phi) is 7.65. The van der Waals surface area contributed by atoms with E-state index in [4.69, 9.17) is 4.74 Å². The molecule has 38 heavy (non-hydrogen) atoms. The standard InChI is InChI=1S/C26H29FN4O7/c1-4-38-21(25(35)31-11-15(32)8-20(31)26(36)37)10-28-24(34)22-12(2)19(29-13(22)3)9-17-16-7-14(27)5-6-18(16)30-23(17)33/h5-7,9,15,20-21,29,32H,4,8,10-11H2,1-3H3,(H,28,34)(H,30,33)(H,36,37)/b17-9-. The van der Waals surface area contributed by atoms with E-state index >= 15 is 0 Å². The van der Waals surface area contributed by atoms with Gasteiger partial charge in [0, 0.05) is 42.2 Å². The van der Waals surface area contributed by atoms with Crippen LogP contribution >= 0.6 is 0 Å². The molecule has 3 heterocycles. The summed E-state index contributed by atoms with van der Waals surface area (Å²) in [5.74, 6) is -3.25. The molecule has 1 aromatic carbocycles. The highest BCUT2D eigenvalue weighted by Gasteiger charge is 2.41. The number of hydrogen-bond donors (Lipinski definition) is 5. The van der Waals surface area contributed by atoms with Crippen molar-refractivity contribution in [2.45, 2.75) is 45.4 Å². The molecule has 4 rings (SSSR count). The largest absolute Gasteiger partial charge is 0.480 e. The number of aromatic amines is 1. The summed E-state index contributed by atoms with van der Waals surface area (Å²) >= 11 is 0. The summed E-state index contributed by atoms with van der Waals surface area (Å²) in [4.78, 5) is 54.3. The molecule has 0 radical (unpaired) electrons. The van der Waals surface area contributed by atoms with Crippen LogP contribution in [-0.4, -0.2) is 81.7 Å². The molecule has 1 aromatic heterocycles. The van der Waals surface area contributed by atoms with Gasteiger partial charge >= 0.3 is 5.97 Å². The number of aliphatic hydroxyl groups is 1. The fourth-order valence-corrected chi connectivity index (χ4v) is 4.88. The quantitative estimate of drug-likeness (QED) is 0.324. The molecular weight excluding hydrogens is 499 g/mol. The van der Waals surface area contributed by atoms with Gasteiger partial charge in [-0.15, -0.1) is 0 Å². The molecular formula is C26H29FN4O7. The lowest BCUT2D eigenvalue weighted by Gasteiger charge is -2.26. The second kappa shape index (κ2) is 10.8. The Hall–Kier alpha value is -4.03. The van der Waals surface area contributed by atoms with E-state index in [2.05, 4.69) is 15.6 Å². The Morgan fingerprint density at radius 3 is 2.74 bits per heavy atom. The Morgan fingerprint density at radius 1 is 1.32 bits per heavy atom. The van der Waals surface area contributed by atoms with Crippen LogP contribution in [0.5, 0.6) is 0 Å². The minimum Gasteiger partial charge on any atom is -0.480 e. The Bertz CT molecular complexity index is 1340. The van der Waals surface area contributed by atoms with Gasteiger partial charge in [0.1, 0.15) is 11.9 Å². The first-order valence-corrected chi connectivity index (χ1v) is 12.1. The van der Waals surface area contributed by atoms with Gasteiger partial charge in [0.15, 0.2) is 6.10 Å². The number of aromatic nitrogens is 1. The molecule has 0 aliphatic carbocycles. The van der Waals surface area contributed by atoms with Crippen molar-refractivity contribution in [2.24, 2.45) is 0 Å². The highest BCUT2D eigenvalue weighted by Crippen LogP contribution is 2.34. The number of carbonyl (C=O) groups is 4. The first-order chi connectivity index (χ1) is 18.0. The lowest BCUT2D eigenvalue weighted by molar-refractivity contribution is -0.153. The number of ether oxygens (including phenoxy) is 1. The van der Waals surface area contributed by atoms with Crippen LogP contribution in [0.3, 0.4) is 0 Å². The Morgan fingerprint density at radius 2 is 2.05 bits per heavy atom. The number of hydrogen-bond acceptors (Lipinski definition) is 6. The third kappa shape index (κ3) is 5.18. The molecule has 2 aliphatic rings. The van der Waals surface area contributed by atoms with E-state index < -0.39 is 47.8 Å². The molecule has 1 saturated heterocycles. The van der Waals surface area contributed by atoms with Crippen LogP contribution in [0.25, 0.3) is 11.6 Å². The van der Waals surface area contributed by atoms with E-state index in [1.807, 2.05) is 0 Å². The number of aryl methyl sites for hydroxylation is 1. The summed E-state index contributed by atoms with van der Waals surface area (Å²) in [5.41, 5.74) is 3.00. The SMILES string of the molecule is CCOC(CNC(=O)c1c(C)[nH]c(/C=C2\C(=O)Nc3ccc(F)cc32)c1C)C(=O)N1CC(O)CC1C(=O)O. The van der Waals surface area contributed by atoms with Crippen LogP contribution in [0.4, 0.5) is 10.1 Å². The van der Waals surface area contributed by atoms with Gasteiger partial charge in [-0.05, 0) is 50.6 Å². The fraction of sp³-hybridized carbons (Fsp3) is 0.385. The lowest BCUT2D eigenvalue weighted by Crippen LogP contribution is -2.50. The fourth-order valence-electron chi connectivity index (χ4n) is 4.88. The van der Waals surface area contributed by atoms with Crippen LogP contribution in [0.2, 0.25) is 0 Å². The topological polar surface area (TPSA) is 161 Å². The molecule has 3 amide bonds. The smallest absolute Gasteiger partial charge is 0.326 e. The van der Waals surface area contributed by atoms with Gasteiger partial charge in [0.25, 0.3) is 17.7 Å². The van der Waals surface area contributed by atoms with Gasteiger partial charge in [-0.2, -0.15) is 0 Å². The highest BCUT2D eigenvalue weighted by atomic mass is 19.1. The van der Waals surface area contributed by atoms with Crippen molar-refractivity contribution in [3.8, 4) is 0 Å². The number of amides is 3. The minimum atomic E-state index is -1.23. The van der Waals surface area contributed by atoms with E-state index in [0.29, 0.717) is 33.8 Å². The van der Waals surface area contributed by atoms with Crippen molar-refractivity contribution < 1.29 is 38.5 Å². The number of rotatable bonds is 8. The van der Waals surface area contributed by atoms with Crippen LogP contribution in [0.1, 0.15) is 46.2 Å². The zero-order valence-electron chi connectivity index (χ0n) is 21.1. The molecule has 5 N–H and O–H groups in total. The molecule has 3 unspecified atom stereocenters. The Balaban J connectivity index is 1.52. The van der Waals surface area contributed by atoms with E-state index in [1.165, 1.54) is 18.2 Å². The number of likely N-dealkylation sites (tertiary alicyclic amines) is 1. The number of β-amino-alcohol motifs (C(OH)–C–C–N with tert-alkyl or cyclic N) is 1. The molecule has 0 saturated carbocycles. The molecule has 0 bridgehead atoms. The van der Waals surface area contributed by atoms with Crippen molar-refractivity contribution in [3.05, 3.63) is 52.1 Å². The molecule has 11 nitrogen and oxygen atoms in total. The number of benzene rings is 1. The zero-order chi connectivity index (χ0) is 27.7. The maximum Gasteiger partial charge on any atom is 0.326 e.